The third-order valence-electron chi connectivity index (χ3n) is 6.05. The van der Waals surface area contributed by atoms with Crippen LogP contribution in [0.2, 0.25) is 10.0 Å². The molecule has 1 saturated carbocycles. The van der Waals surface area contributed by atoms with E-state index >= 15 is 0 Å². The van der Waals surface area contributed by atoms with Crippen LogP contribution in [0.5, 0.6) is 11.5 Å². The van der Waals surface area contributed by atoms with Crippen molar-refractivity contribution >= 4 is 35.1 Å². The number of rotatable bonds is 2. The van der Waals surface area contributed by atoms with Crippen molar-refractivity contribution in [1.29, 1.82) is 0 Å². The highest BCUT2D eigenvalue weighted by Gasteiger charge is 2.35. The van der Waals surface area contributed by atoms with Crippen LogP contribution in [0.4, 0.5) is 0 Å². The van der Waals surface area contributed by atoms with Gasteiger partial charge in [-0.2, -0.15) is 0 Å². The Kier molecular flexibility index (Phi) is 4.81. The fourth-order valence-corrected chi connectivity index (χ4v) is 4.99. The van der Waals surface area contributed by atoms with Gasteiger partial charge in [-0.15, -0.1) is 0 Å². The van der Waals surface area contributed by atoms with Gasteiger partial charge >= 0.3 is 0 Å². The monoisotopic (exact) mass is 429 g/mol. The van der Waals surface area contributed by atoms with Crippen molar-refractivity contribution < 1.29 is 14.3 Å². The van der Waals surface area contributed by atoms with E-state index in [9.17, 15) is 4.79 Å². The summed E-state index contributed by atoms with van der Waals surface area (Å²) < 4.78 is 12.1. The van der Waals surface area contributed by atoms with Crippen molar-refractivity contribution in [3.8, 4) is 11.5 Å². The number of carbonyl (C=O) groups excluding carboxylic acids is 1. The Morgan fingerprint density at radius 2 is 1.93 bits per heavy atom. The molecule has 2 aromatic rings. The summed E-state index contributed by atoms with van der Waals surface area (Å²) in [6, 6.07) is 7.67. The van der Waals surface area contributed by atoms with Crippen LogP contribution < -0.4 is 9.47 Å². The first-order valence-electron chi connectivity index (χ1n) is 9.94. The minimum absolute atomic E-state index is 0.130. The van der Waals surface area contributed by atoms with Gasteiger partial charge in [-0.3, -0.25) is 9.69 Å². The maximum atomic E-state index is 13.0. The number of hydrogen-bond donors (Lipinski definition) is 0. The van der Waals surface area contributed by atoms with Crippen molar-refractivity contribution in [2.45, 2.75) is 45.2 Å². The molecule has 6 heteroatoms. The third kappa shape index (κ3) is 3.33. The van der Waals surface area contributed by atoms with E-state index in [4.69, 9.17) is 32.7 Å². The molecular formula is C23H21Cl2NO3. The van der Waals surface area contributed by atoms with Crippen LogP contribution in [0.3, 0.4) is 0 Å². The van der Waals surface area contributed by atoms with Crippen LogP contribution in [-0.2, 0) is 6.54 Å². The summed E-state index contributed by atoms with van der Waals surface area (Å²) in [5.41, 5.74) is 3.22. The summed E-state index contributed by atoms with van der Waals surface area (Å²) in [7, 11) is 0. The number of ether oxygens (including phenoxy) is 2. The molecule has 0 unspecified atom stereocenters. The maximum absolute atomic E-state index is 13.0. The lowest BCUT2D eigenvalue weighted by atomic mass is 9.99. The van der Waals surface area contributed by atoms with Crippen LogP contribution in [0.1, 0.15) is 52.7 Å². The SMILES string of the molecule is Cc1c2c(cc3c1O/C(=C\c1ccc(Cl)cc1Cl)C3=O)CN(C1CCCC1)CO2. The van der Waals surface area contributed by atoms with Crippen LogP contribution in [0.15, 0.2) is 30.0 Å². The van der Waals surface area contributed by atoms with Crippen molar-refractivity contribution in [2.24, 2.45) is 0 Å². The van der Waals surface area contributed by atoms with Gasteiger partial charge in [-0.05, 0) is 49.6 Å². The lowest BCUT2D eigenvalue weighted by Gasteiger charge is -2.34. The zero-order chi connectivity index (χ0) is 20.1. The molecule has 150 valence electrons. The van der Waals surface area contributed by atoms with E-state index in [-0.39, 0.29) is 11.5 Å². The number of benzene rings is 2. The van der Waals surface area contributed by atoms with Gasteiger partial charge in [0, 0.05) is 33.8 Å². The molecule has 0 radical (unpaired) electrons. The van der Waals surface area contributed by atoms with Gasteiger partial charge in [-0.25, -0.2) is 0 Å². The Morgan fingerprint density at radius 1 is 1.14 bits per heavy atom. The van der Waals surface area contributed by atoms with Gasteiger partial charge in [0.25, 0.3) is 0 Å². The van der Waals surface area contributed by atoms with E-state index in [0.717, 1.165) is 23.4 Å². The van der Waals surface area contributed by atoms with Gasteiger partial charge in [0.1, 0.15) is 18.2 Å². The molecule has 1 fully saturated rings. The lowest BCUT2D eigenvalue weighted by Crippen LogP contribution is -2.39. The summed E-state index contributed by atoms with van der Waals surface area (Å²) in [4.78, 5) is 15.4. The normalized spacial score (nSPS) is 20.5. The summed E-state index contributed by atoms with van der Waals surface area (Å²) in [6.45, 7) is 3.35. The molecule has 0 amide bonds. The van der Waals surface area contributed by atoms with Crippen molar-refractivity contribution in [3.63, 3.8) is 0 Å². The standard InChI is InChI=1S/C23H21Cl2NO3/c1-13-22-15(11-26(12-28-22)17-4-2-3-5-17)8-18-21(27)20(29-23(13)18)9-14-6-7-16(24)10-19(14)25/h6-10,17H,2-5,11-12H2,1H3/b20-9-. The first-order chi connectivity index (χ1) is 14.0. The van der Waals surface area contributed by atoms with Crippen molar-refractivity contribution in [1.82, 2.24) is 4.90 Å². The minimum atomic E-state index is -0.130. The van der Waals surface area contributed by atoms with E-state index in [1.165, 1.54) is 25.7 Å². The van der Waals surface area contributed by atoms with E-state index in [1.54, 1.807) is 24.3 Å². The van der Waals surface area contributed by atoms with Crippen LogP contribution in [0.25, 0.3) is 6.08 Å². The quantitative estimate of drug-likeness (QED) is 0.547. The van der Waals surface area contributed by atoms with Gasteiger partial charge in [0.05, 0.1) is 5.56 Å². The molecule has 4 nitrogen and oxygen atoms in total. The lowest BCUT2D eigenvalue weighted by molar-refractivity contribution is 0.0570. The molecule has 5 rings (SSSR count). The highest BCUT2D eigenvalue weighted by atomic mass is 35.5. The van der Waals surface area contributed by atoms with E-state index in [0.29, 0.717) is 39.7 Å². The molecule has 0 bridgehead atoms. The third-order valence-corrected chi connectivity index (χ3v) is 6.62. The smallest absolute Gasteiger partial charge is 0.231 e. The van der Waals surface area contributed by atoms with Crippen molar-refractivity contribution in [3.05, 3.63) is 62.3 Å². The predicted octanol–water partition coefficient (Wildman–Crippen LogP) is 6.01. The largest absolute Gasteiger partial charge is 0.477 e. The van der Waals surface area contributed by atoms with E-state index < -0.39 is 0 Å². The molecule has 2 aliphatic heterocycles. The van der Waals surface area contributed by atoms with Gasteiger partial charge in [-0.1, -0.05) is 42.1 Å². The van der Waals surface area contributed by atoms with Gasteiger partial charge in [0.2, 0.25) is 5.78 Å². The summed E-state index contributed by atoms with van der Waals surface area (Å²) >= 11 is 12.2. The Hall–Kier alpha value is -2.01. The first-order valence-corrected chi connectivity index (χ1v) is 10.7. The molecule has 2 heterocycles. The van der Waals surface area contributed by atoms with Crippen LogP contribution in [0, 0.1) is 6.92 Å². The fraction of sp³-hybridized carbons (Fsp3) is 0.348. The average molecular weight is 430 g/mol. The average Bonchev–Trinajstić information content (AvgIpc) is 3.34. The molecule has 0 N–H and O–H groups in total. The molecule has 29 heavy (non-hydrogen) atoms. The molecule has 0 atom stereocenters. The number of halogens is 2. The van der Waals surface area contributed by atoms with E-state index in [2.05, 4.69) is 4.90 Å². The predicted molar refractivity (Wildman–Crippen MR) is 114 cm³/mol. The summed E-state index contributed by atoms with van der Waals surface area (Å²) in [5.74, 6) is 1.56. The molecule has 0 aromatic heterocycles. The van der Waals surface area contributed by atoms with Crippen LogP contribution in [-0.4, -0.2) is 23.5 Å². The Bertz CT molecular complexity index is 1040. The van der Waals surface area contributed by atoms with Crippen LogP contribution >= 0.6 is 23.2 Å². The highest BCUT2D eigenvalue weighted by Crippen LogP contribution is 2.44. The minimum Gasteiger partial charge on any atom is -0.477 e. The highest BCUT2D eigenvalue weighted by molar-refractivity contribution is 6.35. The summed E-state index contributed by atoms with van der Waals surface area (Å²) in [5, 5.41) is 1.02. The molecule has 2 aromatic carbocycles. The zero-order valence-electron chi connectivity index (χ0n) is 16.1. The second kappa shape index (κ2) is 7.35. The molecular weight excluding hydrogens is 409 g/mol. The number of carbonyl (C=O) groups is 1. The molecule has 0 spiro atoms. The number of hydrogen-bond acceptors (Lipinski definition) is 4. The van der Waals surface area contributed by atoms with E-state index in [1.807, 2.05) is 13.0 Å². The Balaban J connectivity index is 1.48. The second-order valence-corrected chi connectivity index (χ2v) is 8.77. The van der Waals surface area contributed by atoms with Gasteiger partial charge < -0.3 is 9.47 Å². The number of allylic oxidation sites excluding steroid dienone is 1. The fourth-order valence-electron chi connectivity index (χ4n) is 4.53. The number of nitrogens with zero attached hydrogens (tertiary/aromatic N) is 1. The molecule has 1 aliphatic carbocycles. The molecule has 3 aliphatic rings. The zero-order valence-corrected chi connectivity index (χ0v) is 17.6. The number of Topliss-reactive ketones (excluding diaryl/α,β-unsaturated/α-hetero) is 1. The Morgan fingerprint density at radius 3 is 2.69 bits per heavy atom. The topological polar surface area (TPSA) is 38.8 Å². The maximum Gasteiger partial charge on any atom is 0.231 e. The van der Waals surface area contributed by atoms with Crippen molar-refractivity contribution in [2.75, 3.05) is 6.73 Å². The Labute approximate surface area is 180 Å². The summed E-state index contributed by atoms with van der Waals surface area (Å²) in [6.07, 6.45) is 6.68. The van der Waals surface area contributed by atoms with Gasteiger partial charge in [0.15, 0.2) is 5.76 Å². The first kappa shape index (κ1) is 19.0. The number of fused-ring (bicyclic) bond motifs is 2. The number of ketones is 1. The second-order valence-electron chi connectivity index (χ2n) is 7.93. The molecule has 0 saturated heterocycles.